The molecule has 3 aromatic rings. The number of nitrogens with zero attached hydrogens (tertiary/aromatic N) is 2. The maximum Gasteiger partial charge on any atom is 0.451 e. The number of alkyl halides is 3. The molecular weight excluding hydrogens is 397 g/mol. The molecule has 1 aromatic heterocycles. The van der Waals surface area contributed by atoms with Gasteiger partial charge in [-0.25, -0.2) is 23.5 Å². The summed E-state index contributed by atoms with van der Waals surface area (Å²) >= 11 is 0. The molecule has 0 fully saturated rings. The van der Waals surface area contributed by atoms with Gasteiger partial charge in [-0.1, -0.05) is 12.1 Å². The summed E-state index contributed by atoms with van der Waals surface area (Å²) in [6, 6.07) is 10.2. The molecule has 0 unspecified atom stereocenters. The third kappa shape index (κ3) is 4.31. The van der Waals surface area contributed by atoms with Crippen LogP contribution >= 0.6 is 0 Å². The predicted molar refractivity (Wildman–Crippen MR) is 96.2 cm³/mol. The lowest BCUT2D eigenvalue weighted by Gasteiger charge is -2.13. The van der Waals surface area contributed by atoms with Crippen molar-refractivity contribution in [3.8, 4) is 5.75 Å². The average Bonchev–Trinajstić information content (AvgIpc) is 2.64. The number of aromatic nitrogens is 2. The third-order valence-electron chi connectivity index (χ3n) is 3.87. The molecule has 148 valence electrons. The van der Waals surface area contributed by atoms with E-state index in [1.807, 2.05) is 0 Å². The van der Waals surface area contributed by atoms with Gasteiger partial charge >= 0.3 is 6.18 Å². The van der Waals surface area contributed by atoms with Gasteiger partial charge in [-0.05, 0) is 29.8 Å². The van der Waals surface area contributed by atoms with E-state index >= 15 is 0 Å². The minimum atomic E-state index is -4.72. The number of primary sulfonamides is 1. The Morgan fingerprint density at radius 1 is 1.11 bits per heavy atom. The Morgan fingerprint density at radius 3 is 2.36 bits per heavy atom. The highest BCUT2D eigenvalue weighted by Gasteiger charge is 2.35. The Kier molecular flexibility index (Phi) is 5.13. The van der Waals surface area contributed by atoms with Crippen LogP contribution in [-0.4, -0.2) is 25.5 Å². The molecule has 0 amide bonds. The van der Waals surface area contributed by atoms with Crippen molar-refractivity contribution in [1.82, 2.24) is 9.97 Å². The fraction of sp³-hybridized carbons (Fsp3) is 0.176. The van der Waals surface area contributed by atoms with E-state index in [1.165, 1.54) is 37.4 Å². The Bertz CT molecular complexity index is 1120. The summed E-state index contributed by atoms with van der Waals surface area (Å²) < 4.78 is 67.0. The number of benzene rings is 2. The maximum absolute atomic E-state index is 13.1. The third-order valence-corrected chi connectivity index (χ3v) is 4.80. The van der Waals surface area contributed by atoms with Crippen LogP contribution in [0.25, 0.3) is 10.9 Å². The molecule has 28 heavy (non-hydrogen) atoms. The summed E-state index contributed by atoms with van der Waals surface area (Å²) in [6.45, 7) is 0.111. The largest absolute Gasteiger partial charge is 0.497 e. The summed E-state index contributed by atoms with van der Waals surface area (Å²) in [6.07, 6.45) is -4.72. The number of anilines is 1. The van der Waals surface area contributed by atoms with Crippen molar-refractivity contribution in [1.29, 1.82) is 0 Å². The highest BCUT2D eigenvalue weighted by molar-refractivity contribution is 7.89. The van der Waals surface area contributed by atoms with Crippen LogP contribution in [0.1, 0.15) is 11.4 Å². The number of ether oxygens (including phenoxy) is 1. The van der Waals surface area contributed by atoms with Crippen LogP contribution in [0, 0.1) is 0 Å². The lowest BCUT2D eigenvalue weighted by Crippen LogP contribution is -2.14. The zero-order valence-corrected chi connectivity index (χ0v) is 15.3. The van der Waals surface area contributed by atoms with Gasteiger partial charge in [0.05, 0.1) is 17.5 Å². The topological polar surface area (TPSA) is 107 Å². The van der Waals surface area contributed by atoms with Crippen molar-refractivity contribution in [2.24, 2.45) is 5.14 Å². The van der Waals surface area contributed by atoms with Crippen LogP contribution in [0.4, 0.5) is 19.0 Å². The van der Waals surface area contributed by atoms with E-state index in [0.717, 1.165) is 0 Å². The zero-order chi connectivity index (χ0) is 20.5. The number of rotatable bonds is 5. The maximum atomic E-state index is 13.1. The molecule has 0 aliphatic carbocycles. The summed E-state index contributed by atoms with van der Waals surface area (Å²) in [5.41, 5.74) is 0.704. The van der Waals surface area contributed by atoms with Crippen LogP contribution in [0.15, 0.2) is 47.4 Å². The van der Waals surface area contributed by atoms with Gasteiger partial charge in [0.25, 0.3) is 0 Å². The first-order chi connectivity index (χ1) is 13.1. The van der Waals surface area contributed by atoms with E-state index in [0.29, 0.717) is 16.7 Å². The number of fused-ring (bicyclic) bond motifs is 1. The van der Waals surface area contributed by atoms with Gasteiger partial charge in [0, 0.05) is 18.0 Å². The van der Waals surface area contributed by atoms with Crippen LogP contribution in [0.5, 0.6) is 5.75 Å². The summed E-state index contributed by atoms with van der Waals surface area (Å²) in [5, 5.41) is 8.26. The van der Waals surface area contributed by atoms with Gasteiger partial charge < -0.3 is 10.1 Å². The number of hydrogen-bond donors (Lipinski definition) is 2. The molecular formula is C17H15F3N4O3S. The SMILES string of the molecule is COc1ccc2c(NCc3ccc(S(N)(=O)=O)cc3)nc(C(F)(F)F)nc2c1. The molecule has 11 heteroatoms. The molecule has 3 N–H and O–H groups in total. The van der Waals surface area contributed by atoms with Gasteiger partial charge in [-0.3, -0.25) is 0 Å². The second kappa shape index (κ2) is 7.24. The fourth-order valence-electron chi connectivity index (χ4n) is 2.48. The zero-order valence-electron chi connectivity index (χ0n) is 14.5. The number of methoxy groups -OCH3 is 1. The first kappa shape index (κ1) is 19.8. The Labute approximate surface area is 158 Å². The van der Waals surface area contributed by atoms with Crippen LogP contribution in [0.3, 0.4) is 0 Å². The molecule has 7 nitrogen and oxygen atoms in total. The lowest BCUT2D eigenvalue weighted by atomic mass is 10.2. The summed E-state index contributed by atoms with van der Waals surface area (Å²) in [5.74, 6) is -0.917. The van der Waals surface area contributed by atoms with Crippen LogP contribution in [0.2, 0.25) is 0 Å². The van der Waals surface area contributed by atoms with Gasteiger partial charge in [-0.2, -0.15) is 13.2 Å². The number of nitrogens with two attached hydrogens (primary N) is 1. The summed E-state index contributed by atoms with van der Waals surface area (Å²) in [7, 11) is -2.42. The molecule has 0 aliphatic heterocycles. The van der Waals surface area contributed by atoms with E-state index in [4.69, 9.17) is 9.88 Å². The average molecular weight is 412 g/mol. The van der Waals surface area contributed by atoms with Crippen LogP contribution < -0.4 is 15.2 Å². The smallest absolute Gasteiger partial charge is 0.451 e. The first-order valence-corrected chi connectivity index (χ1v) is 9.41. The Morgan fingerprint density at radius 2 is 1.79 bits per heavy atom. The molecule has 0 saturated heterocycles. The van der Waals surface area contributed by atoms with Crippen molar-refractivity contribution in [3.05, 3.63) is 53.9 Å². The number of nitrogens with one attached hydrogen (secondary N) is 1. The van der Waals surface area contributed by atoms with Crippen molar-refractivity contribution in [2.75, 3.05) is 12.4 Å². The molecule has 1 heterocycles. The molecule has 3 rings (SSSR count). The van der Waals surface area contributed by atoms with E-state index in [1.54, 1.807) is 12.1 Å². The number of halogens is 3. The molecule has 0 saturated carbocycles. The molecule has 0 aliphatic rings. The minimum Gasteiger partial charge on any atom is -0.497 e. The molecule has 0 bridgehead atoms. The van der Waals surface area contributed by atoms with E-state index in [9.17, 15) is 21.6 Å². The van der Waals surface area contributed by atoms with Crippen molar-refractivity contribution in [2.45, 2.75) is 17.6 Å². The van der Waals surface area contributed by atoms with Gasteiger partial charge in [-0.15, -0.1) is 0 Å². The van der Waals surface area contributed by atoms with Gasteiger partial charge in [0.1, 0.15) is 11.6 Å². The van der Waals surface area contributed by atoms with Crippen molar-refractivity contribution < 1.29 is 26.3 Å². The first-order valence-electron chi connectivity index (χ1n) is 7.86. The predicted octanol–water partition coefficient (Wildman–Crippen LogP) is 2.92. The standard InChI is InChI=1S/C17H15F3N4O3S/c1-27-11-4-7-13-14(8-11)23-16(17(18,19)20)24-15(13)22-9-10-2-5-12(6-3-10)28(21,25)26/h2-8H,9H2,1H3,(H2,21,25,26)(H,22,23,24). The van der Waals surface area contributed by atoms with E-state index < -0.39 is 22.0 Å². The molecule has 0 atom stereocenters. The molecule has 0 radical (unpaired) electrons. The quantitative estimate of drug-likeness (QED) is 0.667. The Balaban J connectivity index is 1.95. The second-order valence-corrected chi connectivity index (χ2v) is 7.38. The highest BCUT2D eigenvalue weighted by atomic mass is 32.2. The lowest BCUT2D eigenvalue weighted by molar-refractivity contribution is -0.144. The number of sulfonamides is 1. The second-order valence-electron chi connectivity index (χ2n) is 5.82. The van der Waals surface area contributed by atoms with Crippen molar-refractivity contribution >= 4 is 26.7 Å². The van der Waals surface area contributed by atoms with E-state index in [-0.39, 0.29) is 22.8 Å². The Hall–Kier alpha value is -2.92. The molecule has 2 aromatic carbocycles. The minimum absolute atomic E-state index is 0.00417. The highest BCUT2D eigenvalue weighted by Crippen LogP contribution is 2.31. The van der Waals surface area contributed by atoms with Crippen LogP contribution in [-0.2, 0) is 22.7 Å². The van der Waals surface area contributed by atoms with E-state index in [2.05, 4.69) is 15.3 Å². The molecule has 0 spiro atoms. The van der Waals surface area contributed by atoms with Gasteiger partial charge in [0.2, 0.25) is 15.8 Å². The monoisotopic (exact) mass is 412 g/mol. The fourth-order valence-corrected chi connectivity index (χ4v) is 3.00. The van der Waals surface area contributed by atoms with Gasteiger partial charge in [0.15, 0.2) is 0 Å². The van der Waals surface area contributed by atoms with Crippen molar-refractivity contribution in [3.63, 3.8) is 0 Å². The summed E-state index contributed by atoms with van der Waals surface area (Å²) in [4.78, 5) is 7.11. The number of hydrogen-bond acceptors (Lipinski definition) is 6. The normalized spacial score (nSPS) is 12.2.